The van der Waals surface area contributed by atoms with E-state index < -0.39 is 0 Å². The quantitative estimate of drug-likeness (QED) is 0.160. The predicted molar refractivity (Wildman–Crippen MR) is 166 cm³/mol. The van der Waals surface area contributed by atoms with Crippen LogP contribution in [0.5, 0.6) is 0 Å². The normalized spacial score (nSPS) is 15.8. The van der Waals surface area contributed by atoms with Gasteiger partial charge in [0.1, 0.15) is 11.5 Å². The molecule has 0 unspecified atom stereocenters. The van der Waals surface area contributed by atoms with Gasteiger partial charge in [0, 0.05) is 37.2 Å². The lowest BCUT2D eigenvalue weighted by atomic mass is 9.95. The predicted octanol–water partition coefficient (Wildman–Crippen LogP) is 3.57. The van der Waals surface area contributed by atoms with E-state index in [1.54, 1.807) is 24.9 Å². The molecule has 0 atom stereocenters. The Hall–Kier alpha value is -3.09. The van der Waals surface area contributed by atoms with Gasteiger partial charge in [0.15, 0.2) is 0 Å². The van der Waals surface area contributed by atoms with Gasteiger partial charge in [-0.25, -0.2) is 9.97 Å². The number of anilines is 2. The van der Waals surface area contributed by atoms with Crippen LogP contribution in [0.2, 0.25) is 0 Å². The van der Waals surface area contributed by atoms with Crippen molar-refractivity contribution in [3.05, 3.63) is 42.9 Å². The van der Waals surface area contributed by atoms with Gasteiger partial charge in [-0.05, 0) is 77.3 Å². The van der Waals surface area contributed by atoms with E-state index >= 15 is 0 Å². The SMILES string of the molecule is CC.c1c[nH]cn1.c1cc(NC2CCNCC2)nc(NCc2cn(CCCNCCCNC3CCCCC3)nn2)n1. The Morgan fingerprint density at radius 1 is 0.951 bits per heavy atom. The highest BCUT2D eigenvalue weighted by molar-refractivity contribution is 5.40. The van der Waals surface area contributed by atoms with Gasteiger partial charge >= 0.3 is 0 Å². The van der Waals surface area contributed by atoms with Crippen molar-refractivity contribution in [1.29, 1.82) is 0 Å². The van der Waals surface area contributed by atoms with Crippen LogP contribution in [0.15, 0.2) is 37.2 Å². The average Bonchev–Trinajstić information content (AvgIpc) is 3.76. The van der Waals surface area contributed by atoms with Crippen molar-refractivity contribution in [2.45, 2.75) is 96.8 Å². The van der Waals surface area contributed by atoms with E-state index in [1.165, 1.54) is 38.5 Å². The minimum atomic E-state index is 0.469. The summed E-state index contributed by atoms with van der Waals surface area (Å²) in [6.45, 7) is 10.7. The third-order valence-electron chi connectivity index (χ3n) is 7.08. The number of hydrogen-bond acceptors (Lipinski definition) is 10. The Morgan fingerprint density at radius 3 is 2.54 bits per heavy atom. The highest BCUT2D eigenvalue weighted by Crippen LogP contribution is 2.17. The maximum absolute atomic E-state index is 4.58. The summed E-state index contributed by atoms with van der Waals surface area (Å²) in [6, 6.07) is 3.15. The first-order valence-corrected chi connectivity index (χ1v) is 15.7. The second-order valence-electron chi connectivity index (χ2n) is 10.3. The lowest BCUT2D eigenvalue weighted by Crippen LogP contribution is -2.35. The molecule has 0 radical (unpaired) electrons. The molecule has 1 saturated carbocycles. The van der Waals surface area contributed by atoms with Crippen LogP contribution in [0.25, 0.3) is 0 Å². The second kappa shape index (κ2) is 20.7. The Kier molecular flexibility index (Phi) is 16.4. The smallest absolute Gasteiger partial charge is 0.224 e. The molecular formula is C29H52N12. The van der Waals surface area contributed by atoms with Crippen molar-refractivity contribution in [3.63, 3.8) is 0 Å². The van der Waals surface area contributed by atoms with Gasteiger partial charge < -0.3 is 31.6 Å². The molecule has 12 nitrogen and oxygen atoms in total. The number of rotatable bonds is 14. The van der Waals surface area contributed by atoms with Crippen LogP contribution in [0.4, 0.5) is 11.8 Å². The Labute approximate surface area is 245 Å². The lowest BCUT2D eigenvalue weighted by Gasteiger charge is -2.24. The summed E-state index contributed by atoms with van der Waals surface area (Å²) in [6.07, 6.45) is 20.3. The Bertz CT molecular complexity index is 980. The lowest BCUT2D eigenvalue weighted by molar-refractivity contribution is 0.371. The second-order valence-corrected chi connectivity index (χ2v) is 10.3. The van der Waals surface area contributed by atoms with Gasteiger partial charge in [0.2, 0.25) is 5.95 Å². The summed E-state index contributed by atoms with van der Waals surface area (Å²) < 4.78 is 1.92. The largest absolute Gasteiger partial charge is 0.367 e. The zero-order valence-electron chi connectivity index (χ0n) is 25.1. The zero-order valence-corrected chi connectivity index (χ0v) is 25.1. The highest BCUT2D eigenvalue weighted by atomic mass is 15.4. The number of aryl methyl sites for hydroxylation is 1. The zero-order chi connectivity index (χ0) is 28.8. The maximum Gasteiger partial charge on any atom is 0.224 e. The van der Waals surface area contributed by atoms with Crippen LogP contribution in [0.1, 0.15) is 77.3 Å². The summed E-state index contributed by atoms with van der Waals surface area (Å²) in [5.74, 6) is 1.47. The molecule has 0 bridgehead atoms. The molecule has 1 aliphatic heterocycles. The molecular weight excluding hydrogens is 516 g/mol. The molecule has 0 aromatic carbocycles. The fourth-order valence-electron chi connectivity index (χ4n) is 4.93. The van der Waals surface area contributed by atoms with Crippen LogP contribution in [0, 0.1) is 0 Å². The standard InChI is InChI=1S/C24H42N10.C3H4N2.C2H6/c1-2-6-20(7-3-1)27-13-4-11-25-12-5-17-34-19-22(32-33-34)18-29-24-28-16-10-23(31-24)30-21-8-14-26-15-9-21;1-2-5-3-4-1;1-2/h10,16,19-21,25-27H,1-9,11-15,17-18H2,(H2,28,29,30,31);1-3H,(H,4,5);1-2H3. The summed E-state index contributed by atoms with van der Waals surface area (Å²) in [5.41, 5.74) is 0.891. The van der Waals surface area contributed by atoms with E-state index in [9.17, 15) is 0 Å². The number of hydrogen-bond donors (Lipinski definition) is 6. The molecule has 2 fully saturated rings. The van der Waals surface area contributed by atoms with Gasteiger partial charge in [-0.15, -0.1) is 5.10 Å². The molecule has 3 aromatic heterocycles. The summed E-state index contributed by atoms with van der Waals surface area (Å²) >= 11 is 0. The molecule has 6 N–H and O–H groups in total. The first-order valence-electron chi connectivity index (χ1n) is 15.7. The number of aromatic amines is 1. The molecule has 2 aliphatic rings. The molecule has 12 heteroatoms. The van der Waals surface area contributed by atoms with Gasteiger partial charge in [-0.3, -0.25) is 4.68 Å². The van der Waals surface area contributed by atoms with E-state index in [2.05, 4.69) is 56.8 Å². The maximum atomic E-state index is 4.58. The first kappa shape index (κ1) is 32.4. The number of nitrogens with one attached hydrogen (secondary N) is 6. The molecule has 0 spiro atoms. The van der Waals surface area contributed by atoms with Gasteiger partial charge in [0.05, 0.1) is 19.1 Å². The van der Waals surface area contributed by atoms with Crippen molar-refractivity contribution in [1.82, 2.24) is 50.9 Å². The van der Waals surface area contributed by atoms with Crippen molar-refractivity contribution >= 4 is 11.8 Å². The first-order chi connectivity index (χ1) is 20.3. The van der Waals surface area contributed by atoms with E-state index in [1.807, 2.05) is 30.8 Å². The van der Waals surface area contributed by atoms with Gasteiger partial charge in [0.25, 0.3) is 0 Å². The van der Waals surface area contributed by atoms with Crippen LogP contribution in [-0.4, -0.2) is 79.7 Å². The minimum Gasteiger partial charge on any atom is -0.367 e. The monoisotopic (exact) mass is 568 g/mol. The third-order valence-corrected chi connectivity index (χ3v) is 7.08. The average molecular weight is 569 g/mol. The number of aromatic nitrogens is 7. The summed E-state index contributed by atoms with van der Waals surface area (Å²) in [4.78, 5) is 15.3. The highest BCUT2D eigenvalue weighted by Gasteiger charge is 2.13. The van der Waals surface area contributed by atoms with Crippen molar-refractivity contribution in [3.8, 4) is 0 Å². The van der Waals surface area contributed by atoms with Crippen molar-refractivity contribution < 1.29 is 0 Å². The fraction of sp³-hybridized carbons (Fsp3) is 0.690. The van der Waals surface area contributed by atoms with Gasteiger partial charge in [-0.1, -0.05) is 38.3 Å². The van der Waals surface area contributed by atoms with E-state index in [0.717, 1.165) is 76.1 Å². The number of imidazole rings is 1. The number of nitrogens with zero attached hydrogens (tertiary/aromatic N) is 6. The molecule has 41 heavy (non-hydrogen) atoms. The fourth-order valence-corrected chi connectivity index (χ4v) is 4.93. The van der Waals surface area contributed by atoms with Crippen LogP contribution in [0.3, 0.4) is 0 Å². The van der Waals surface area contributed by atoms with E-state index in [4.69, 9.17) is 0 Å². The molecule has 3 aromatic rings. The van der Waals surface area contributed by atoms with Crippen LogP contribution >= 0.6 is 0 Å². The number of H-pyrrole nitrogens is 1. The molecule has 1 saturated heterocycles. The topological polar surface area (TPSA) is 145 Å². The summed E-state index contributed by atoms with van der Waals surface area (Å²) in [5, 5.41) is 25.9. The molecule has 228 valence electrons. The van der Waals surface area contributed by atoms with Crippen molar-refractivity contribution in [2.75, 3.05) is 43.4 Å². The van der Waals surface area contributed by atoms with Crippen LogP contribution in [-0.2, 0) is 13.1 Å². The minimum absolute atomic E-state index is 0.469. The molecule has 0 amide bonds. The Morgan fingerprint density at radius 2 is 1.78 bits per heavy atom. The molecule has 5 rings (SSSR count). The third kappa shape index (κ3) is 13.9. The van der Waals surface area contributed by atoms with Crippen molar-refractivity contribution in [2.24, 2.45) is 0 Å². The van der Waals surface area contributed by atoms with Gasteiger partial charge in [-0.2, -0.15) is 4.98 Å². The molecule has 1 aliphatic carbocycles. The van der Waals surface area contributed by atoms with Crippen LogP contribution < -0.4 is 26.6 Å². The number of piperidine rings is 1. The van der Waals surface area contributed by atoms with E-state index in [-0.39, 0.29) is 0 Å². The van der Waals surface area contributed by atoms with E-state index in [0.29, 0.717) is 18.5 Å². The summed E-state index contributed by atoms with van der Waals surface area (Å²) in [7, 11) is 0. The molecule has 4 heterocycles. The Balaban J connectivity index is 0.000000586.